The first-order chi connectivity index (χ1) is 19.7. The molecule has 40 heavy (non-hydrogen) atoms. The molecule has 198 valence electrons. The van der Waals surface area contributed by atoms with Gasteiger partial charge in [0.1, 0.15) is 16.9 Å². The third kappa shape index (κ3) is 4.21. The van der Waals surface area contributed by atoms with Gasteiger partial charge < -0.3 is 15.2 Å². The highest BCUT2D eigenvalue weighted by Gasteiger charge is 2.23. The normalized spacial score (nSPS) is 13.7. The Bertz CT molecular complexity index is 1860. The van der Waals surface area contributed by atoms with Crippen molar-refractivity contribution in [3.8, 4) is 22.8 Å². The Morgan fingerprint density at radius 1 is 0.925 bits per heavy atom. The molecule has 11 heteroatoms. The number of carbonyl (C=O) groups excluding carboxylic acids is 1. The Morgan fingerprint density at radius 2 is 1.75 bits per heavy atom. The molecule has 7 rings (SSSR count). The summed E-state index contributed by atoms with van der Waals surface area (Å²) in [6, 6.07) is 10.5. The summed E-state index contributed by atoms with van der Waals surface area (Å²) in [5, 5.41) is 10.3. The second-order valence-electron chi connectivity index (χ2n) is 9.75. The van der Waals surface area contributed by atoms with E-state index >= 15 is 4.39 Å². The van der Waals surface area contributed by atoms with Gasteiger partial charge >= 0.3 is 0 Å². The van der Waals surface area contributed by atoms with Crippen LogP contribution >= 0.6 is 0 Å². The Kier molecular flexibility index (Phi) is 5.88. The topological polar surface area (TPSA) is 128 Å². The van der Waals surface area contributed by atoms with E-state index < -0.39 is 5.82 Å². The number of aromatic nitrogens is 7. The second-order valence-corrected chi connectivity index (χ2v) is 9.75. The zero-order valence-electron chi connectivity index (χ0n) is 21.4. The molecule has 1 aliphatic rings. The quantitative estimate of drug-likeness (QED) is 0.273. The van der Waals surface area contributed by atoms with Gasteiger partial charge in [-0.15, -0.1) is 0 Å². The number of amides is 1. The highest BCUT2D eigenvalue weighted by Crippen LogP contribution is 2.34. The predicted octanol–water partition coefficient (Wildman–Crippen LogP) is 5.34. The number of imidazole rings is 1. The molecule has 1 aromatic carbocycles. The summed E-state index contributed by atoms with van der Waals surface area (Å²) in [6.07, 6.45) is 11.6. The zero-order chi connectivity index (χ0) is 27.1. The van der Waals surface area contributed by atoms with Gasteiger partial charge in [-0.2, -0.15) is 5.10 Å². The molecule has 5 aromatic heterocycles. The van der Waals surface area contributed by atoms with Gasteiger partial charge in [-0.1, -0.05) is 18.2 Å². The van der Waals surface area contributed by atoms with Crippen molar-refractivity contribution in [1.82, 2.24) is 35.1 Å². The van der Waals surface area contributed by atoms with Gasteiger partial charge in [-0.3, -0.25) is 24.8 Å². The van der Waals surface area contributed by atoms with Crippen molar-refractivity contribution in [3.05, 3.63) is 78.8 Å². The Morgan fingerprint density at radius 3 is 2.60 bits per heavy atom. The first-order valence-electron chi connectivity index (χ1n) is 13.1. The van der Waals surface area contributed by atoms with Gasteiger partial charge in [-0.25, -0.2) is 9.37 Å². The third-order valence-electron chi connectivity index (χ3n) is 7.15. The molecule has 1 amide bonds. The summed E-state index contributed by atoms with van der Waals surface area (Å²) in [5.41, 5.74) is 4.72. The number of fused-ring (bicyclic) bond motifs is 2. The standard InChI is InChI=1S/C29H24FN9O/c30-24-23-20(15-33-25(24)18-11-19(13-31-12-18)34-29(40)17-7-3-1-4-8-17)37-38-27(23)28-35-21-14-32-16-22(26(21)36-28)39-9-5-2-6-10-39/h1,3-4,7-8,11-16H,2,5-6,9-10H2,(H,34,40)(H,35,36)(H,37,38). The Balaban J connectivity index is 1.26. The monoisotopic (exact) mass is 533 g/mol. The van der Waals surface area contributed by atoms with Gasteiger partial charge in [-0.05, 0) is 37.5 Å². The molecule has 3 N–H and O–H groups in total. The lowest BCUT2D eigenvalue weighted by atomic mass is 10.1. The van der Waals surface area contributed by atoms with Crippen molar-refractivity contribution in [2.45, 2.75) is 19.3 Å². The average molecular weight is 534 g/mol. The van der Waals surface area contributed by atoms with E-state index in [4.69, 9.17) is 4.98 Å². The van der Waals surface area contributed by atoms with Crippen LogP contribution in [0.1, 0.15) is 29.6 Å². The molecule has 0 aliphatic carbocycles. The summed E-state index contributed by atoms with van der Waals surface area (Å²) >= 11 is 0. The van der Waals surface area contributed by atoms with E-state index in [1.165, 1.54) is 25.0 Å². The van der Waals surface area contributed by atoms with Crippen LogP contribution in [0, 0.1) is 5.82 Å². The van der Waals surface area contributed by atoms with Crippen LogP contribution in [0.5, 0.6) is 0 Å². The number of anilines is 2. The van der Waals surface area contributed by atoms with E-state index in [9.17, 15) is 4.79 Å². The molecule has 0 spiro atoms. The average Bonchev–Trinajstić information content (AvgIpc) is 3.63. The van der Waals surface area contributed by atoms with Crippen molar-refractivity contribution in [2.75, 3.05) is 23.3 Å². The molecule has 1 fully saturated rings. The van der Waals surface area contributed by atoms with E-state index in [1.807, 2.05) is 12.3 Å². The minimum Gasteiger partial charge on any atom is -0.368 e. The molecule has 0 radical (unpaired) electrons. The van der Waals surface area contributed by atoms with Gasteiger partial charge in [0, 0.05) is 30.4 Å². The lowest BCUT2D eigenvalue weighted by Gasteiger charge is -2.28. The molecule has 6 heterocycles. The first-order valence-corrected chi connectivity index (χ1v) is 13.1. The number of benzene rings is 1. The lowest BCUT2D eigenvalue weighted by molar-refractivity contribution is 0.102. The van der Waals surface area contributed by atoms with Crippen LogP contribution in [0.15, 0.2) is 67.4 Å². The minimum atomic E-state index is -0.565. The van der Waals surface area contributed by atoms with Crippen molar-refractivity contribution in [1.29, 1.82) is 0 Å². The Hall–Kier alpha value is -5.19. The number of nitrogens with one attached hydrogen (secondary N) is 3. The number of piperidine rings is 1. The number of aromatic amines is 2. The van der Waals surface area contributed by atoms with Crippen LogP contribution < -0.4 is 10.2 Å². The fourth-order valence-corrected chi connectivity index (χ4v) is 5.18. The maximum Gasteiger partial charge on any atom is 0.255 e. The van der Waals surface area contributed by atoms with Gasteiger partial charge in [0.2, 0.25) is 0 Å². The van der Waals surface area contributed by atoms with Crippen LogP contribution in [0.2, 0.25) is 0 Å². The van der Waals surface area contributed by atoms with Crippen LogP contribution in [0.25, 0.3) is 44.7 Å². The second kappa shape index (κ2) is 9.84. The third-order valence-corrected chi connectivity index (χ3v) is 7.15. The van der Waals surface area contributed by atoms with E-state index in [1.54, 1.807) is 36.5 Å². The van der Waals surface area contributed by atoms with Gasteiger partial charge in [0.05, 0.1) is 52.6 Å². The fraction of sp³-hybridized carbons (Fsp3) is 0.172. The molecular formula is C29H24FN9O. The Labute approximate surface area is 227 Å². The van der Waals surface area contributed by atoms with Crippen molar-refractivity contribution in [3.63, 3.8) is 0 Å². The molecule has 0 atom stereocenters. The molecule has 0 bridgehead atoms. The first kappa shape index (κ1) is 23.9. The smallest absolute Gasteiger partial charge is 0.255 e. The van der Waals surface area contributed by atoms with Crippen LogP contribution in [-0.4, -0.2) is 54.1 Å². The van der Waals surface area contributed by atoms with Crippen molar-refractivity contribution < 1.29 is 9.18 Å². The molecule has 10 nitrogen and oxygen atoms in total. The largest absolute Gasteiger partial charge is 0.368 e. The maximum absolute atomic E-state index is 16.1. The number of nitrogens with zero attached hydrogens (tertiary/aromatic N) is 6. The summed E-state index contributed by atoms with van der Waals surface area (Å²) in [6.45, 7) is 1.91. The van der Waals surface area contributed by atoms with Crippen LogP contribution in [-0.2, 0) is 0 Å². The van der Waals surface area contributed by atoms with E-state index in [0.29, 0.717) is 33.8 Å². The van der Waals surface area contributed by atoms with E-state index in [2.05, 4.69) is 40.3 Å². The number of H-pyrrole nitrogens is 2. The predicted molar refractivity (Wildman–Crippen MR) is 150 cm³/mol. The molecule has 0 saturated carbocycles. The number of pyridine rings is 3. The number of carbonyl (C=O) groups is 1. The highest BCUT2D eigenvalue weighted by atomic mass is 19.1. The number of hydrogen-bond acceptors (Lipinski definition) is 7. The molecule has 1 saturated heterocycles. The summed E-state index contributed by atoms with van der Waals surface area (Å²) in [7, 11) is 0. The molecule has 1 aliphatic heterocycles. The van der Waals surface area contributed by atoms with E-state index in [-0.39, 0.29) is 17.0 Å². The SMILES string of the molecule is O=C(Nc1cncc(-c2ncc3[nH]nc(-c4nc5c(N6CCCCC6)cncc5[nH]4)c3c2F)c1)c1ccccc1. The fourth-order valence-electron chi connectivity index (χ4n) is 5.18. The van der Waals surface area contributed by atoms with Crippen LogP contribution in [0.4, 0.5) is 15.8 Å². The number of hydrogen-bond donors (Lipinski definition) is 3. The summed E-state index contributed by atoms with van der Waals surface area (Å²) in [4.78, 5) is 36.0. The minimum absolute atomic E-state index is 0.0882. The molecule has 6 aromatic rings. The zero-order valence-corrected chi connectivity index (χ0v) is 21.4. The van der Waals surface area contributed by atoms with Crippen molar-refractivity contribution >= 4 is 39.2 Å². The summed E-state index contributed by atoms with van der Waals surface area (Å²) < 4.78 is 16.1. The van der Waals surface area contributed by atoms with Gasteiger partial charge in [0.15, 0.2) is 11.6 Å². The van der Waals surface area contributed by atoms with Crippen molar-refractivity contribution in [2.24, 2.45) is 0 Å². The van der Waals surface area contributed by atoms with Gasteiger partial charge in [0.25, 0.3) is 5.91 Å². The van der Waals surface area contributed by atoms with Crippen LogP contribution in [0.3, 0.4) is 0 Å². The highest BCUT2D eigenvalue weighted by molar-refractivity contribution is 6.04. The molecular weight excluding hydrogens is 509 g/mol. The number of rotatable bonds is 5. The van der Waals surface area contributed by atoms with E-state index in [0.717, 1.165) is 42.7 Å². The maximum atomic E-state index is 16.1. The lowest BCUT2D eigenvalue weighted by Crippen LogP contribution is -2.29. The molecule has 0 unspecified atom stereocenters. The number of halogens is 1. The summed E-state index contributed by atoms with van der Waals surface area (Å²) in [5.74, 6) is -0.418.